The molecule has 1 N–H and O–H groups in total. The van der Waals surface area contributed by atoms with E-state index < -0.39 is 18.1 Å². The number of anilines is 1. The van der Waals surface area contributed by atoms with Gasteiger partial charge in [0.05, 0.1) is 18.2 Å². The molecule has 1 amide bonds. The summed E-state index contributed by atoms with van der Waals surface area (Å²) in [6.07, 6.45) is -0.585. The molecule has 5 heteroatoms. The van der Waals surface area contributed by atoms with E-state index in [9.17, 15) is 9.59 Å². The molecule has 5 nitrogen and oxygen atoms in total. The number of para-hydroxylation sites is 1. The largest absolute Gasteiger partial charge is 0.481 e. The number of aliphatic carboxylic acids is 1. The summed E-state index contributed by atoms with van der Waals surface area (Å²) in [5.41, 5.74) is 2.62. The Labute approximate surface area is 105 Å². The van der Waals surface area contributed by atoms with Crippen LogP contribution in [0.5, 0.6) is 0 Å². The van der Waals surface area contributed by atoms with Crippen LogP contribution in [0.3, 0.4) is 0 Å². The second-order valence-electron chi connectivity index (χ2n) is 4.44. The number of carboxylic acids is 1. The Balaban J connectivity index is 2.40. The minimum Gasteiger partial charge on any atom is -0.481 e. The molecule has 0 bridgehead atoms. The van der Waals surface area contributed by atoms with E-state index in [1.165, 1.54) is 4.90 Å². The van der Waals surface area contributed by atoms with Crippen LogP contribution in [0, 0.1) is 13.8 Å². The summed E-state index contributed by atoms with van der Waals surface area (Å²) < 4.78 is 4.97. The average Bonchev–Trinajstić information content (AvgIpc) is 2.60. The standard InChI is InChI=1S/C13H15NO4/c1-8-4-3-5-9(2)12(8)14-10(6-11(15)16)7-18-13(14)17/h3-5,10H,6-7H2,1-2H3,(H,15,16). The van der Waals surface area contributed by atoms with Crippen LogP contribution in [0.25, 0.3) is 0 Å². The van der Waals surface area contributed by atoms with Gasteiger partial charge < -0.3 is 9.84 Å². The van der Waals surface area contributed by atoms with Crippen molar-refractivity contribution in [1.29, 1.82) is 0 Å². The van der Waals surface area contributed by atoms with E-state index in [0.717, 1.165) is 16.8 Å². The zero-order valence-corrected chi connectivity index (χ0v) is 10.3. The second kappa shape index (κ2) is 4.68. The highest BCUT2D eigenvalue weighted by molar-refractivity contribution is 5.93. The first-order valence-electron chi connectivity index (χ1n) is 5.74. The van der Waals surface area contributed by atoms with Crippen LogP contribution in [0.1, 0.15) is 17.5 Å². The lowest BCUT2D eigenvalue weighted by Gasteiger charge is -2.23. The molecule has 1 aromatic rings. The summed E-state index contributed by atoms with van der Waals surface area (Å²) in [6.45, 7) is 3.91. The van der Waals surface area contributed by atoms with Crippen molar-refractivity contribution in [2.75, 3.05) is 11.5 Å². The van der Waals surface area contributed by atoms with Gasteiger partial charge in [-0.15, -0.1) is 0 Å². The molecule has 0 saturated carbocycles. The summed E-state index contributed by atoms with van der Waals surface area (Å²) in [5.74, 6) is -0.936. The number of ether oxygens (including phenoxy) is 1. The van der Waals surface area contributed by atoms with E-state index >= 15 is 0 Å². The fourth-order valence-electron chi connectivity index (χ4n) is 2.27. The van der Waals surface area contributed by atoms with E-state index in [1.807, 2.05) is 32.0 Å². The van der Waals surface area contributed by atoms with Gasteiger partial charge in [-0.25, -0.2) is 4.79 Å². The van der Waals surface area contributed by atoms with Gasteiger partial charge in [-0.05, 0) is 25.0 Å². The first-order valence-corrected chi connectivity index (χ1v) is 5.74. The average molecular weight is 249 g/mol. The quantitative estimate of drug-likeness (QED) is 0.890. The molecule has 1 aromatic carbocycles. The molecule has 1 aliphatic rings. The van der Waals surface area contributed by atoms with E-state index in [2.05, 4.69) is 0 Å². The first kappa shape index (κ1) is 12.4. The number of carboxylic acid groups (broad SMARTS) is 1. The summed E-state index contributed by atoms with van der Waals surface area (Å²) in [6, 6.07) is 5.26. The highest BCUT2D eigenvalue weighted by Gasteiger charge is 2.36. The molecule has 0 radical (unpaired) electrons. The molecule has 2 rings (SSSR count). The lowest BCUT2D eigenvalue weighted by atomic mass is 10.1. The normalized spacial score (nSPS) is 18.9. The van der Waals surface area contributed by atoms with Gasteiger partial charge in [0.15, 0.2) is 0 Å². The summed E-state index contributed by atoms with van der Waals surface area (Å²) in [4.78, 5) is 24.1. The van der Waals surface area contributed by atoms with Crippen molar-refractivity contribution >= 4 is 17.7 Å². The number of carbonyl (C=O) groups is 2. The van der Waals surface area contributed by atoms with Crippen molar-refractivity contribution in [2.24, 2.45) is 0 Å². The van der Waals surface area contributed by atoms with Crippen LogP contribution < -0.4 is 4.90 Å². The number of nitrogens with zero attached hydrogens (tertiary/aromatic N) is 1. The molecular formula is C13H15NO4. The SMILES string of the molecule is Cc1cccc(C)c1N1C(=O)OCC1CC(=O)O. The minimum atomic E-state index is -0.936. The van der Waals surface area contributed by atoms with Gasteiger partial charge in [-0.1, -0.05) is 18.2 Å². The molecule has 18 heavy (non-hydrogen) atoms. The molecule has 0 aromatic heterocycles. The number of hydrogen-bond donors (Lipinski definition) is 1. The molecule has 1 atom stereocenters. The molecule has 0 spiro atoms. The summed E-state index contributed by atoms with van der Waals surface area (Å²) in [5, 5.41) is 8.87. The van der Waals surface area contributed by atoms with Crippen LogP contribution in [0.2, 0.25) is 0 Å². The van der Waals surface area contributed by atoms with Gasteiger partial charge in [0.1, 0.15) is 6.61 Å². The monoisotopic (exact) mass is 249 g/mol. The third-order valence-electron chi connectivity index (χ3n) is 3.05. The van der Waals surface area contributed by atoms with E-state index in [0.29, 0.717) is 0 Å². The minimum absolute atomic E-state index is 0.112. The van der Waals surface area contributed by atoms with Crippen LogP contribution in [0.4, 0.5) is 10.5 Å². The maximum Gasteiger partial charge on any atom is 0.414 e. The predicted molar refractivity (Wildman–Crippen MR) is 65.8 cm³/mol. The number of benzene rings is 1. The van der Waals surface area contributed by atoms with Crippen LogP contribution >= 0.6 is 0 Å². The lowest BCUT2D eigenvalue weighted by Crippen LogP contribution is -2.36. The fraction of sp³-hybridized carbons (Fsp3) is 0.385. The van der Waals surface area contributed by atoms with Crippen LogP contribution in [0.15, 0.2) is 18.2 Å². The van der Waals surface area contributed by atoms with Gasteiger partial charge in [-0.3, -0.25) is 9.69 Å². The van der Waals surface area contributed by atoms with Gasteiger partial charge in [0.2, 0.25) is 0 Å². The molecule has 96 valence electrons. The van der Waals surface area contributed by atoms with Crippen molar-refractivity contribution < 1.29 is 19.4 Å². The maximum absolute atomic E-state index is 11.8. The Bertz CT molecular complexity index is 478. The molecule has 1 unspecified atom stereocenters. The Morgan fingerprint density at radius 1 is 1.44 bits per heavy atom. The molecular weight excluding hydrogens is 234 g/mol. The summed E-state index contributed by atoms with van der Waals surface area (Å²) in [7, 11) is 0. The van der Waals surface area contributed by atoms with Gasteiger partial charge in [-0.2, -0.15) is 0 Å². The number of amides is 1. The van der Waals surface area contributed by atoms with E-state index in [4.69, 9.17) is 9.84 Å². The smallest absolute Gasteiger partial charge is 0.414 e. The molecule has 1 fully saturated rings. The molecule has 0 aliphatic carbocycles. The van der Waals surface area contributed by atoms with E-state index in [-0.39, 0.29) is 13.0 Å². The number of hydrogen-bond acceptors (Lipinski definition) is 3. The number of cyclic esters (lactones) is 1. The third kappa shape index (κ3) is 2.16. The van der Waals surface area contributed by atoms with Crippen molar-refractivity contribution in [1.82, 2.24) is 0 Å². The van der Waals surface area contributed by atoms with Crippen LogP contribution in [-0.2, 0) is 9.53 Å². The zero-order valence-electron chi connectivity index (χ0n) is 10.3. The molecule has 1 aliphatic heterocycles. The van der Waals surface area contributed by atoms with Crippen molar-refractivity contribution in [2.45, 2.75) is 26.3 Å². The third-order valence-corrected chi connectivity index (χ3v) is 3.05. The first-order chi connectivity index (χ1) is 8.50. The van der Waals surface area contributed by atoms with E-state index in [1.54, 1.807) is 0 Å². The highest BCUT2D eigenvalue weighted by Crippen LogP contribution is 2.30. The molecule has 1 heterocycles. The molecule has 1 saturated heterocycles. The maximum atomic E-state index is 11.8. The second-order valence-corrected chi connectivity index (χ2v) is 4.44. The number of carbonyl (C=O) groups excluding carboxylic acids is 1. The van der Waals surface area contributed by atoms with Crippen molar-refractivity contribution in [3.05, 3.63) is 29.3 Å². The highest BCUT2D eigenvalue weighted by atomic mass is 16.6. The van der Waals surface area contributed by atoms with Crippen LogP contribution in [-0.4, -0.2) is 29.8 Å². The predicted octanol–water partition coefficient (Wildman–Crippen LogP) is 2.10. The Morgan fingerprint density at radius 3 is 2.61 bits per heavy atom. The van der Waals surface area contributed by atoms with Gasteiger partial charge in [0, 0.05) is 0 Å². The van der Waals surface area contributed by atoms with Gasteiger partial charge in [0.25, 0.3) is 0 Å². The Hall–Kier alpha value is -2.04. The Kier molecular flexibility index (Phi) is 3.23. The van der Waals surface area contributed by atoms with Gasteiger partial charge >= 0.3 is 12.1 Å². The van der Waals surface area contributed by atoms with Crippen molar-refractivity contribution in [3.63, 3.8) is 0 Å². The van der Waals surface area contributed by atoms with Crippen molar-refractivity contribution in [3.8, 4) is 0 Å². The lowest BCUT2D eigenvalue weighted by molar-refractivity contribution is -0.137. The Morgan fingerprint density at radius 2 is 2.06 bits per heavy atom. The number of aryl methyl sites for hydroxylation is 2. The topological polar surface area (TPSA) is 66.8 Å². The number of rotatable bonds is 3. The fourth-order valence-corrected chi connectivity index (χ4v) is 2.27. The summed E-state index contributed by atoms with van der Waals surface area (Å²) >= 11 is 0. The zero-order chi connectivity index (χ0) is 13.3.